The zero-order valence-electron chi connectivity index (χ0n) is 7.42. The van der Waals surface area contributed by atoms with Crippen molar-refractivity contribution in [3.63, 3.8) is 0 Å². The molecule has 2 saturated carbocycles. The van der Waals surface area contributed by atoms with Gasteiger partial charge in [-0.2, -0.15) is 13.2 Å². The number of hydrogen-bond acceptors (Lipinski definition) is 2. The molecule has 0 heterocycles. The van der Waals surface area contributed by atoms with Crippen LogP contribution in [0, 0.1) is 11.8 Å². The summed E-state index contributed by atoms with van der Waals surface area (Å²) in [5.74, 6) is -0.488. The maximum absolute atomic E-state index is 12.3. The van der Waals surface area contributed by atoms with E-state index < -0.39 is 20.6 Å². The van der Waals surface area contributed by atoms with Gasteiger partial charge in [0.25, 0.3) is 9.84 Å². The molecule has 6 heteroatoms. The summed E-state index contributed by atoms with van der Waals surface area (Å²) in [6, 6.07) is 0. The zero-order valence-corrected chi connectivity index (χ0v) is 8.24. The quantitative estimate of drug-likeness (QED) is 0.688. The zero-order chi connectivity index (χ0) is 10.6. The maximum Gasteiger partial charge on any atom is 0.497 e. The molecule has 0 saturated heterocycles. The third-order valence-electron chi connectivity index (χ3n) is 3.43. The Kier molecular flexibility index (Phi) is 2.10. The van der Waals surface area contributed by atoms with Gasteiger partial charge in [0.2, 0.25) is 0 Å². The summed E-state index contributed by atoms with van der Waals surface area (Å²) in [6.07, 6.45) is 2.57. The fraction of sp³-hybridized carbons (Fsp3) is 1.00. The van der Waals surface area contributed by atoms with Crippen molar-refractivity contribution in [2.75, 3.05) is 0 Å². The molecule has 0 aromatic heterocycles. The lowest BCUT2D eigenvalue weighted by molar-refractivity contribution is -0.0449. The summed E-state index contributed by atoms with van der Waals surface area (Å²) in [7, 11) is -4.91. The predicted molar refractivity (Wildman–Crippen MR) is 44.2 cm³/mol. The molecule has 2 nitrogen and oxygen atoms in total. The summed E-state index contributed by atoms with van der Waals surface area (Å²) < 4.78 is 59.2. The third kappa shape index (κ3) is 1.26. The van der Waals surface area contributed by atoms with E-state index in [9.17, 15) is 21.6 Å². The van der Waals surface area contributed by atoms with E-state index in [-0.39, 0.29) is 11.8 Å². The van der Waals surface area contributed by atoms with E-state index in [1.807, 2.05) is 0 Å². The van der Waals surface area contributed by atoms with Gasteiger partial charge in [0, 0.05) is 0 Å². The van der Waals surface area contributed by atoms with E-state index in [1.165, 1.54) is 0 Å². The van der Waals surface area contributed by atoms with Crippen LogP contribution in [0.3, 0.4) is 0 Å². The average molecular weight is 228 g/mol. The smallest absolute Gasteiger partial charge is 0.219 e. The van der Waals surface area contributed by atoms with E-state index in [1.54, 1.807) is 0 Å². The number of sulfone groups is 1. The van der Waals surface area contributed by atoms with Gasteiger partial charge in [0.15, 0.2) is 0 Å². The molecule has 14 heavy (non-hydrogen) atoms. The fourth-order valence-corrected chi connectivity index (χ4v) is 4.71. The van der Waals surface area contributed by atoms with Crippen LogP contribution in [0.15, 0.2) is 0 Å². The molecule has 0 aromatic carbocycles. The second kappa shape index (κ2) is 2.87. The van der Waals surface area contributed by atoms with Crippen molar-refractivity contribution in [3.05, 3.63) is 0 Å². The van der Waals surface area contributed by atoms with Crippen molar-refractivity contribution < 1.29 is 21.6 Å². The predicted octanol–water partition coefficient (Wildman–Crippen LogP) is 2.11. The van der Waals surface area contributed by atoms with Gasteiger partial charge in [-0.1, -0.05) is 0 Å². The van der Waals surface area contributed by atoms with Crippen LogP contribution in [-0.2, 0) is 9.84 Å². The minimum absolute atomic E-state index is 0.244. The summed E-state index contributed by atoms with van der Waals surface area (Å²) >= 11 is 0. The Bertz CT molecular complexity index is 313. The first-order valence-electron chi connectivity index (χ1n) is 4.64. The molecule has 0 atom stereocenters. The molecule has 0 N–H and O–H groups in total. The Hall–Kier alpha value is -0.260. The second-order valence-electron chi connectivity index (χ2n) is 4.13. The molecule has 0 aliphatic heterocycles. The van der Waals surface area contributed by atoms with Gasteiger partial charge in [-0.25, -0.2) is 8.42 Å². The largest absolute Gasteiger partial charge is 0.497 e. The van der Waals surface area contributed by atoms with Gasteiger partial charge in [-0.3, -0.25) is 0 Å². The van der Waals surface area contributed by atoms with Crippen molar-refractivity contribution in [2.45, 2.75) is 36.4 Å². The van der Waals surface area contributed by atoms with Crippen molar-refractivity contribution >= 4 is 9.84 Å². The van der Waals surface area contributed by atoms with Gasteiger partial charge in [0.05, 0.1) is 5.25 Å². The van der Waals surface area contributed by atoms with Crippen LogP contribution in [0.4, 0.5) is 13.2 Å². The third-order valence-corrected chi connectivity index (χ3v) is 5.56. The van der Waals surface area contributed by atoms with Gasteiger partial charge in [-0.05, 0) is 37.5 Å². The van der Waals surface area contributed by atoms with Crippen LogP contribution in [0.1, 0.15) is 25.7 Å². The number of halogens is 3. The van der Waals surface area contributed by atoms with E-state index in [0.717, 1.165) is 0 Å². The van der Waals surface area contributed by atoms with E-state index in [0.29, 0.717) is 25.7 Å². The Morgan fingerprint density at radius 1 is 0.929 bits per heavy atom. The van der Waals surface area contributed by atoms with Crippen molar-refractivity contribution in [3.8, 4) is 0 Å². The van der Waals surface area contributed by atoms with Crippen molar-refractivity contribution in [1.29, 1.82) is 0 Å². The second-order valence-corrected chi connectivity index (χ2v) is 6.23. The Morgan fingerprint density at radius 3 is 1.57 bits per heavy atom. The number of hydrogen-bond donors (Lipinski definition) is 0. The molecule has 2 bridgehead atoms. The molecular formula is C8H11F3O2S. The highest BCUT2D eigenvalue weighted by Crippen LogP contribution is 2.51. The minimum Gasteiger partial charge on any atom is -0.219 e. The SMILES string of the molecule is O=S(=O)(C1C2CCC1CC2)C(F)(F)F. The molecule has 2 rings (SSSR count). The van der Waals surface area contributed by atoms with Crippen molar-refractivity contribution in [2.24, 2.45) is 11.8 Å². The lowest BCUT2D eigenvalue weighted by Crippen LogP contribution is -2.37. The molecule has 0 radical (unpaired) electrons. The first-order valence-corrected chi connectivity index (χ1v) is 6.19. The Labute approximate surface area is 80.4 Å². The summed E-state index contributed by atoms with van der Waals surface area (Å²) in [5.41, 5.74) is -5.07. The normalized spacial score (nSPS) is 37.8. The Morgan fingerprint density at radius 2 is 1.29 bits per heavy atom. The molecule has 82 valence electrons. The molecule has 2 fully saturated rings. The number of fused-ring (bicyclic) bond motifs is 2. The van der Waals surface area contributed by atoms with Gasteiger partial charge < -0.3 is 0 Å². The first-order chi connectivity index (χ1) is 6.34. The fourth-order valence-electron chi connectivity index (χ4n) is 2.85. The van der Waals surface area contributed by atoms with Crippen LogP contribution in [0.2, 0.25) is 0 Å². The molecule has 0 unspecified atom stereocenters. The Balaban J connectivity index is 2.33. The standard InChI is InChI=1S/C8H11F3O2S/c9-8(10,11)14(12,13)7-5-1-2-6(7)4-3-5/h5-7H,1-4H2. The monoisotopic (exact) mass is 228 g/mol. The van der Waals surface area contributed by atoms with Crippen LogP contribution < -0.4 is 0 Å². The number of alkyl halides is 3. The lowest BCUT2D eigenvalue weighted by Gasteiger charge is -2.17. The molecular weight excluding hydrogens is 217 g/mol. The van der Waals surface area contributed by atoms with E-state index in [4.69, 9.17) is 0 Å². The molecule has 0 spiro atoms. The van der Waals surface area contributed by atoms with E-state index >= 15 is 0 Å². The highest BCUT2D eigenvalue weighted by molar-refractivity contribution is 7.92. The summed E-state index contributed by atoms with van der Waals surface area (Å²) in [6.45, 7) is 0. The maximum atomic E-state index is 12.3. The first kappa shape index (κ1) is 10.3. The molecule has 2 aliphatic rings. The van der Waals surface area contributed by atoms with Crippen LogP contribution in [0.5, 0.6) is 0 Å². The number of rotatable bonds is 1. The van der Waals surface area contributed by atoms with Crippen LogP contribution >= 0.6 is 0 Å². The summed E-state index contributed by atoms with van der Waals surface area (Å²) in [5, 5.41) is -1.14. The van der Waals surface area contributed by atoms with Crippen LogP contribution in [-0.4, -0.2) is 19.2 Å². The average Bonchev–Trinajstić information content (AvgIpc) is 2.59. The highest BCUT2D eigenvalue weighted by Gasteiger charge is 2.59. The molecule has 0 amide bonds. The van der Waals surface area contributed by atoms with Gasteiger partial charge >= 0.3 is 5.51 Å². The highest BCUT2D eigenvalue weighted by atomic mass is 32.2. The molecule has 0 aromatic rings. The van der Waals surface area contributed by atoms with Crippen LogP contribution in [0.25, 0.3) is 0 Å². The topological polar surface area (TPSA) is 34.1 Å². The van der Waals surface area contributed by atoms with Crippen molar-refractivity contribution in [1.82, 2.24) is 0 Å². The van der Waals surface area contributed by atoms with E-state index in [2.05, 4.69) is 0 Å². The summed E-state index contributed by atoms with van der Waals surface area (Å²) in [4.78, 5) is 0. The minimum atomic E-state index is -5.07. The molecule has 2 aliphatic carbocycles. The van der Waals surface area contributed by atoms with Gasteiger partial charge in [-0.15, -0.1) is 0 Å². The van der Waals surface area contributed by atoms with Gasteiger partial charge in [0.1, 0.15) is 0 Å². The lowest BCUT2D eigenvalue weighted by atomic mass is 10.0.